The quantitative estimate of drug-likeness (QED) is 0.562. The van der Waals surface area contributed by atoms with Gasteiger partial charge in [0.1, 0.15) is 22.9 Å². The second kappa shape index (κ2) is 5.41. The minimum Gasteiger partial charge on any atom is -0.508 e. The molecule has 23 heavy (non-hydrogen) atoms. The molecule has 0 fully saturated rings. The van der Waals surface area contributed by atoms with E-state index in [0.29, 0.717) is 5.65 Å². The van der Waals surface area contributed by atoms with Crippen molar-refractivity contribution in [2.24, 2.45) is 7.05 Å². The zero-order valence-electron chi connectivity index (χ0n) is 11.6. The number of rotatable bonds is 2. The molecule has 3 aromatic rings. The Labute approximate surface area is 131 Å². The number of imidazole rings is 1. The molecule has 120 valence electrons. The molecule has 0 atom stereocenters. The van der Waals surface area contributed by atoms with Gasteiger partial charge in [0.2, 0.25) is 0 Å². The summed E-state index contributed by atoms with van der Waals surface area (Å²) in [6.45, 7) is 0. The third kappa shape index (κ3) is 3.09. The maximum Gasteiger partial charge on any atom is 0.446 e. The number of benzene rings is 1. The van der Waals surface area contributed by atoms with Crippen LogP contribution in [0.25, 0.3) is 22.6 Å². The Balaban J connectivity index is 2.11. The normalized spacial score (nSPS) is 12.0. The van der Waals surface area contributed by atoms with Crippen molar-refractivity contribution in [1.82, 2.24) is 14.5 Å². The molecule has 9 heteroatoms. The summed E-state index contributed by atoms with van der Waals surface area (Å²) >= 11 is -0.287. The summed E-state index contributed by atoms with van der Waals surface area (Å²) in [6, 6.07) is 4.84. The number of fused-ring (bicyclic) bond motifs is 1. The first kappa shape index (κ1) is 15.6. The highest BCUT2D eigenvalue weighted by atomic mass is 32.2. The molecule has 0 aliphatic rings. The molecule has 1 aromatic carbocycles. The molecule has 0 aliphatic heterocycles. The van der Waals surface area contributed by atoms with E-state index in [1.807, 2.05) is 0 Å². The number of phenols is 1. The van der Waals surface area contributed by atoms with Crippen molar-refractivity contribution in [3.63, 3.8) is 0 Å². The highest BCUT2D eigenvalue weighted by Crippen LogP contribution is 2.37. The zero-order valence-corrected chi connectivity index (χ0v) is 12.4. The number of nitrogens with zero attached hydrogens (tertiary/aromatic N) is 3. The largest absolute Gasteiger partial charge is 0.508 e. The number of pyridine rings is 1. The standard InChI is InChI=1S/C14H9F4N3OS/c1-21-12(9-3-2-7(22)4-10(9)15)20-11-5-8(6-19-13(11)21)23-14(16,17)18/h2-6,22H,1H3. The molecule has 2 aromatic heterocycles. The van der Waals surface area contributed by atoms with Gasteiger partial charge in [-0.25, -0.2) is 14.4 Å². The molecule has 0 radical (unpaired) electrons. The van der Waals surface area contributed by atoms with Gasteiger partial charge in [-0.3, -0.25) is 0 Å². The van der Waals surface area contributed by atoms with E-state index in [0.717, 1.165) is 12.3 Å². The van der Waals surface area contributed by atoms with Gasteiger partial charge in [0.05, 0.1) is 5.56 Å². The summed E-state index contributed by atoms with van der Waals surface area (Å²) in [6.07, 6.45) is 1.10. The van der Waals surface area contributed by atoms with Crippen LogP contribution in [0.5, 0.6) is 5.75 Å². The van der Waals surface area contributed by atoms with Gasteiger partial charge in [0.25, 0.3) is 0 Å². The topological polar surface area (TPSA) is 50.9 Å². The first-order valence-electron chi connectivity index (χ1n) is 6.32. The van der Waals surface area contributed by atoms with E-state index in [-0.39, 0.29) is 39.3 Å². The summed E-state index contributed by atoms with van der Waals surface area (Å²) in [5.41, 5.74) is -3.74. The Morgan fingerprint density at radius 3 is 2.61 bits per heavy atom. The third-order valence-corrected chi connectivity index (χ3v) is 3.80. The maximum atomic E-state index is 14.0. The lowest BCUT2D eigenvalue weighted by Crippen LogP contribution is -1.99. The number of halogens is 4. The molecule has 0 aliphatic carbocycles. The molecule has 0 saturated heterocycles. The second-order valence-corrected chi connectivity index (χ2v) is 5.86. The van der Waals surface area contributed by atoms with Gasteiger partial charge in [-0.2, -0.15) is 13.2 Å². The maximum absolute atomic E-state index is 14.0. The molecule has 1 N–H and O–H groups in total. The van der Waals surface area contributed by atoms with Gasteiger partial charge in [0, 0.05) is 24.2 Å². The molecule has 2 heterocycles. The lowest BCUT2D eigenvalue weighted by Gasteiger charge is -2.05. The third-order valence-electron chi connectivity index (χ3n) is 3.11. The molecular formula is C14H9F4N3OS. The Morgan fingerprint density at radius 1 is 1.22 bits per heavy atom. The first-order chi connectivity index (χ1) is 10.7. The van der Waals surface area contributed by atoms with Gasteiger partial charge in [-0.05, 0) is 30.0 Å². The van der Waals surface area contributed by atoms with Gasteiger partial charge in [-0.1, -0.05) is 0 Å². The molecule has 0 spiro atoms. The molecule has 0 saturated carbocycles. The van der Waals surface area contributed by atoms with Crippen LogP contribution in [0.1, 0.15) is 0 Å². The van der Waals surface area contributed by atoms with Crippen molar-refractivity contribution in [3.8, 4) is 17.1 Å². The fourth-order valence-electron chi connectivity index (χ4n) is 2.17. The van der Waals surface area contributed by atoms with Crippen molar-refractivity contribution in [2.45, 2.75) is 10.4 Å². The first-order valence-corrected chi connectivity index (χ1v) is 7.13. The van der Waals surface area contributed by atoms with E-state index in [4.69, 9.17) is 0 Å². The fourth-order valence-corrected chi connectivity index (χ4v) is 2.72. The highest BCUT2D eigenvalue weighted by Gasteiger charge is 2.29. The molecule has 0 amide bonds. The average Bonchev–Trinajstić information content (AvgIpc) is 2.74. The van der Waals surface area contributed by atoms with Gasteiger partial charge in [0.15, 0.2) is 5.65 Å². The van der Waals surface area contributed by atoms with Crippen LogP contribution >= 0.6 is 11.8 Å². The minimum absolute atomic E-state index is 0.0965. The van der Waals surface area contributed by atoms with E-state index in [1.54, 1.807) is 7.05 Å². The number of thioether (sulfide) groups is 1. The monoisotopic (exact) mass is 343 g/mol. The Hall–Kier alpha value is -2.29. The van der Waals surface area contributed by atoms with Crippen LogP contribution in [0.15, 0.2) is 35.4 Å². The van der Waals surface area contributed by atoms with Crippen LogP contribution < -0.4 is 0 Å². The van der Waals surface area contributed by atoms with Crippen LogP contribution in [0.2, 0.25) is 0 Å². The van der Waals surface area contributed by atoms with Gasteiger partial charge < -0.3 is 9.67 Å². The van der Waals surface area contributed by atoms with Crippen molar-refractivity contribution in [2.75, 3.05) is 0 Å². The molecular weight excluding hydrogens is 334 g/mol. The van der Waals surface area contributed by atoms with Gasteiger partial charge >= 0.3 is 5.51 Å². The molecule has 0 bridgehead atoms. The van der Waals surface area contributed by atoms with Crippen LogP contribution in [0, 0.1) is 5.82 Å². The van der Waals surface area contributed by atoms with E-state index < -0.39 is 11.3 Å². The average molecular weight is 343 g/mol. The van der Waals surface area contributed by atoms with E-state index >= 15 is 0 Å². The van der Waals surface area contributed by atoms with Crippen LogP contribution in [-0.4, -0.2) is 25.1 Å². The van der Waals surface area contributed by atoms with E-state index in [9.17, 15) is 22.7 Å². The number of aromatic nitrogens is 3. The number of hydrogen-bond donors (Lipinski definition) is 1. The second-order valence-electron chi connectivity index (χ2n) is 4.72. The number of phenolic OH excluding ortho intramolecular Hbond substituents is 1. The molecule has 4 nitrogen and oxygen atoms in total. The summed E-state index contributed by atoms with van der Waals surface area (Å²) in [5.74, 6) is -0.709. The highest BCUT2D eigenvalue weighted by molar-refractivity contribution is 8.00. The van der Waals surface area contributed by atoms with Crippen molar-refractivity contribution in [1.29, 1.82) is 0 Å². The fraction of sp³-hybridized carbons (Fsp3) is 0.143. The number of aryl methyl sites for hydroxylation is 1. The van der Waals surface area contributed by atoms with Crippen LogP contribution in [0.3, 0.4) is 0 Å². The Kier molecular flexibility index (Phi) is 3.67. The summed E-state index contributed by atoms with van der Waals surface area (Å²) < 4.78 is 52.7. The number of aromatic hydroxyl groups is 1. The predicted octanol–water partition coefficient (Wildman–Crippen LogP) is 4.09. The number of hydrogen-bond acceptors (Lipinski definition) is 4. The zero-order chi connectivity index (χ0) is 16.8. The lowest BCUT2D eigenvalue weighted by molar-refractivity contribution is -0.0328. The summed E-state index contributed by atoms with van der Waals surface area (Å²) in [7, 11) is 1.58. The molecule has 0 unspecified atom stereocenters. The van der Waals surface area contributed by atoms with E-state index in [1.165, 1.54) is 22.8 Å². The smallest absolute Gasteiger partial charge is 0.446 e. The minimum atomic E-state index is -4.42. The lowest BCUT2D eigenvalue weighted by atomic mass is 10.2. The molecule has 3 rings (SSSR count). The predicted molar refractivity (Wildman–Crippen MR) is 77.5 cm³/mol. The summed E-state index contributed by atoms with van der Waals surface area (Å²) in [5, 5.41) is 9.25. The number of alkyl halides is 3. The SMILES string of the molecule is Cn1c(-c2ccc(O)cc2F)nc2cc(SC(F)(F)F)cnc21. The summed E-state index contributed by atoms with van der Waals surface area (Å²) in [4.78, 5) is 8.03. The van der Waals surface area contributed by atoms with Crippen molar-refractivity contribution < 1.29 is 22.7 Å². The van der Waals surface area contributed by atoms with Gasteiger partial charge in [-0.15, -0.1) is 0 Å². The van der Waals surface area contributed by atoms with Crippen LogP contribution in [0.4, 0.5) is 17.6 Å². The Morgan fingerprint density at radius 2 is 1.96 bits per heavy atom. The van der Waals surface area contributed by atoms with E-state index in [2.05, 4.69) is 9.97 Å². The van der Waals surface area contributed by atoms with Crippen LogP contribution in [-0.2, 0) is 7.05 Å². The Bertz CT molecular complexity index is 892. The van der Waals surface area contributed by atoms with Crippen molar-refractivity contribution in [3.05, 3.63) is 36.3 Å². The van der Waals surface area contributed by atoms with Crippen molar-refractivity contribution >= 4 is 22.9 Å².